The molecule has 102 heavy (non-hydrogen) atoms. The summed E-state index contributed by atoms with van der Waals surface area (Å²) in [6, 6.07) is 26.3. The van der Waals surface area contributed by atoms with E-state index in [4.69, 9.17) is 47.4 Å². The summed E-state index contributed by atoms with van der Waals surface area (Å²) in [6.45, 7) is 47.9. The van der Waals surface area contributed by atoms with Crippen molar-refractivity contribution in [1.29, 1.82) is 10.5 Å². The molecule has 0 bridgehead atoms. The molecular formula is C85H104Br3F4IN2O5Si2. The number of rotatable bonds is 10. The van der Waals surface area contributed by atoms with E-state index in [2.05, 4.69) is 228 Å². The summed E-state index contributed by atoms with van der Waals surface area (Å²) in [6.07, 6.45) is 11.1. The molecule has 0 radical (unpaired) electrons. The number of aromatic hydroxyl groups is 1. The van der Waals surface area contributed by atoms with Gasteiger partial charge in [0, 0.05) is 35.7 Å². The second-order valence-electron chi connectivity index (χ2n) is 26.2. The van der Waals surface area contributed by atoms with Gasteiger partial charge >= 0.3 is 0 Å². The number of terminal acetylenes is 2. The lowest BCUT2D eigenvalue weighted by atomic mass is 10.0. The van der Waals surface area contributed by atoms with Crippen LogP contribution in [0.5, 0.6) is 28.7 Å². The third-order valence-electron chi connectivity index (χ3n) is 17.4. The molecule has 0 unspecified atom stereocenters. The van der Waals surface area contributed by atoms with E-state index < -0.39 is 50.5 Å². The summed E-state index contributed by atoms with van der Waals surface area (Å²) >= 11 is 11.9. The van der Waals surface area contributed by atoms with Gasteiger partial charge in [0.15, 0.2) is 0 Å². The largest absolute Gasteiger partial charge is 0.508 e. The fourth-order valence-electron chi connectivity index (χ4n) is 12.3. The first kappa shape index (κ1) is 95.1. The summed E-state index contributed by atoms with van der Waals surface area (Å²) in [5.74, 6) is 12.1. The Labute approximate surface area is 651 Å². The topological polar surface area (TPSA) is 105 Å². The van der Waals surface area contributed by atoms with Gasteiger partial charge in [-0.3, -0.25) is 0 Å². The number of phenols is 1. The molecule has 548 valence electrons. The number of hydrogen-bond acceptors (Lipinski definition) is 7. The molecule has 0 heterocycles. The predicted molar refractivity (Wildman–Crippen MR) is 444 cm³/mol. The van der Waals surface area contributed by atoms with E-state index in [0.29, 0.717) is 39.0 Å². The van der Waals surface area contributed by atoms with Crippen molar-refractivity contribution in [3.63, 3.8) is 0 Å². The Bertz CT molecular complexity index is 4050. The first-order valence-electron chi connectivity index (χ1n) is 33.1. The SMILES string of the molecule is C#C[Si](C(C)C)(C(C)C)C(C)C.C#Cc1c(C)cc(OC)cc1C.CI.COc1cc(C)c(Br)c(C)c1.COc1cc(C)c(C#C[Si](C(C)C)(C(C)C)C(C)C)c(C)c1.COc1cc(C)c(C#Cc2cc(F)c(C#N)c(F)c2)c(C)c1.Cc1cc(O)cc(C)c1Br.N#Cc1c(F)cc(Br)cc1F. The smallest absolute Gasteiger partial charge is 0.146 e. The summed E-state index contributed by atoms with van der Waals surface area (Å²) in [5, 5.41) is 26.0. The van der Waals surface area contributed by atoms with Gasteiger partial charge in [-0.2, -0.15) is 10.5 Å². The molecule has 0 fully saturated rings. The second kappa shape index (κ2) is 46.0. The van der Waals surface area contributed by atoms with E-state index in [0.717, 1.165) is 96.2 Å². The normalized spacial score (nSPS) is 10.3. The summed E-state index contributed by atoms with van der Waals surface area (Å²) in [5.41, 5.74) is 24.0. The molecule has 0 atom stereocenters. The zero-order valence-corrected chi connectivity index (χ0v) is 73.6. The van der Waals surface area contributed by atoms with E-state index in [1.807, 2.05) is 82.9 Å². The van der Waals surface area contributed by atoms with E-state index in [1.165, 1.54) is 44.4 Å². The van der Waals surface area contributed by atoms with Gasteiger partial charge in [-0.05, 0) is 248 Å². The van der Waals surface area contributed by atoms with Crippen LogP contribution in [0.4, 0.5) is 17.6 Å². The van der Waals surface area contributed by atoms with Crippen LogP contribution in [0, 0.1) is 163 Å². The van der Waals surface area contributed by atoms with Crippen LogP contribution in [0.2, 0.25) is 33.2 Å². The Morgan fingerprint density at radius 3 is 0.882 bits per heavy atom. The monoisotopic (exact) mass is 1730 g/mol. The molecule has 0 saturated carbocycles. The fourth-order valence-corrected chi connectivity index (χ4v) is 23.4. The average molecular weight is 1730 g/mol. The highest BCUT2D eigenvalue weighted by Crippen LogP contribution is 2.42. The fraction of sp³-hybridized carbons (Fsp3) is 0.388. The van der Waals surface area contributed by atoms with Crippen LogP contribution in [-0.4, -0.2) is 54.6 Å². The minimum atomic E-state index is -1.67. The maximum absolute atomic E-state index is 13.5. The van der Waals surface area contributed by atoms with Gasteiger partial charge in [0.1, 0.15) is 91.4 Å². The van der Waals surface area contributed by atoms with E-state index in [1.54, 1.807) is 40.6 Å². The van der Waals surface area contributed by atoms with Gasteiger partial charge in [-0.25, -0.2) is 17.6 Å². The van der Waals surface area contributed by atoms with Crippen LogP contribution in [0.3, 0.4) is 0 Å². The van der Waals surface area contributed by atoms with Gasteiger partial charge in [-0.1, -0.05) is 177 Å². The molecule has 7 aromatic rings. The summed E-state index contributed by atoms with van der Waals surface area (Å²) < 4.78 is 75.6. The molecule has 0 spiro atoms. The first-order valence-corrected chi connectivity index (χ1v) is 42.1. The zero-order chi connectivity index (χ0) is 79.0. The van der Waals surface area contributed by atoms with E-state index >= 15 is 0 Å². The van der Waals surface area contributed by atoms with Gasteiger partial charge in [-0.15, -0.1) is 23.9 Å². The van der Waals surface area contributed by atoms with Crippen molar-refractivity contribution in [3.05, 3.63) is 211 Å². The maximum Gasteiger partial charge on any atom is 0.146 e. The number of alkyl halides is 1. The predicted octanol–water partition coefficient (Wildman–Crippen LogP) is 25.4. The lowest BCUT2D eigenvalue weighted by Gasteiger charge is -2.38. The van der Waals surface area contributed by atoms with Gasteiger partial charge in [0.25, 0.3) is 0 Å². The molecule has 7 nitrogen and oxygen atoms in total. The van der Waals surface area contributed by atoms with Gasteiger partial charge in [0.2, 0.25) is 0 Å². The number of halogens is 8. The molecule has 0 aliphatic rings. The number of nitriles is 2. The van der Waals surface area contributed by atoms with Crippen LogP contribution in [0.25, 0.3) is 0 Å². The van der Waals surface area contributed by atoms with Crippen molar-refractivity contribution in [2.75, 3.05) is 33.4 Å². The molecule has 0 aliphatic carbocycles. The number of methoxy groups -OCH3 is 4. The van der Waals surface area contributed by atoms with Crippen LogP contribution in [-0.2, 0) is 0 Å². The summed E-state index contributed by atoms with van der Waals surface area (Å²) in [7, 11) is 3.50. The summed E-state index contributed by atoms with van der Waals surface area (Å²) in [4.78, 5) is 1.97. The Balaban J connectivity index is 0.00000119. The van der Waals surface area contributed by atoms with Crippen molar-refractivity contribution in [2.45, 2.75) is 186 Å². The standard InChI is InChI=1S/C20H32OSi.C18H13F2NO.C11H12O.C11H22Si.C9H11BrO.C8H9BrO.C7H2BrF2N.CH3I/c1-14(2)22(15(3)4,16(5)6)11-10-20-17(7)12-19(21-9)13-18(20)8;1-11-6-14(22-3)7-12(2)15(11)5-4-13-8-17(19)16(10-21)18(20)9-13;1-5-11-8(2)6-10(12-4)7-9(11)3;1-8-12(9(2)3,10(4)5)11(6)7;1-6-4-8(11-3)5-7(2)9(6)10;1-5-3-7(10)4-6(2)8(5)9;8-4-1-6(9)5(3-11)7(10)2-4;1-2/h12-16H,1-9H3;6-9H,1-3H3;1,6-7H,2-4H3;1,9-11H,2-7H3;4-5H,1-3H3;3-4,10H,1-2H3;1-2H;1H3. The molecule has 0 aliphatic heterocycles. The Morgan fingerprint density at radius 2 is 0.637 bits per heavy atom. The third-order valence-corrected chi connectivity index (χ3v) is 32.9. The second-order valence-corrected chi connectivity index (χ2v) is 39.9. The molecule has 1 N–H and O–H groups in total. The zero-order valence-electron chi connectivity index (χ0n) is 64.7. The first-order chi connectivity index (χ1) is 47.6. The lowest BCUT2D eigenvalue weighted by Crippen LogP contribution is -2.43. The molecule has 7 aromatic carbocycles. The number of aryl methyl sites for hydroxylation is 10. The highest BCUT2D eigenvalue weighted by atomic mass is 127. The van der Waals surface area contributed by atoms with Crippen molar-refractivity contribution in [3.8, 4) is 88.5 Å². The Hall–Kier alpha value is -6.92. The van der Waals surface area contributed by atoms with Crippen LogP contribution >= 0.6 is 70.4 Å². The van der Waals surface area contributed by atoms with Crippen molar-refractivity contribution >= 4 is 86.5 Å². The van der Waals surface area contributed by atoms with Crippen LogP contribution < -0.4 is 18.9 Å². The minimum absolute atomic E-state index is 0.184. The van der Waals surface area contributed by atoms with Gasteiger partial charge in [0.05, 0.1) is 28.4 Å². The van der Waals surface area contributed by atoms with Gasteiger partial charge < -0.3 is 24.1 Å². The average Bonchev–Trinajstić information content (AvgIpc) is 0.800. The Kier molecular flexibility index (Phi) is 42.9. The van der Waals surface area contributed by atoms with Crippen molar-refractivity contribution in [1.82, 2.24) is 0 Å². The Morgan fingerprint density at radius 1 is 0.382 bits per heavy atom. The van der Waals surface area contributed by atoms with Crippen LogP contribution in [0.15, 0.2) is 98.3 Å². The van der Waals surface area contributed by atoms with Crippen molar-refractivity contribution < 1.29 is 41.6 Å². The lowest BCUT2D eigenvalue weighted by molar-refractivity contribution is 0.414. The number of benzene rings is 7. The number of nitrogens with zero attached hydrogens (tertiary/aromatic N) is 2. The van der Waals surface area contributed by atoms with Crippen LogP contribution in [0.1, 0.15) is 172 Å². The molecule has 7 rings (SSSR count). The van der Waals surface area contributed by atoms with E-state index in [-0.39, 0.29) is 10.0 Å². The third kappa shape index (κ3) is 27.6. The van der Waals surface area contributed by atoms with Crippen molar-refractivity contribution in [2.24, 2.45) is 0 Å². The number of ether oxygens (including phenoxy) is 4. The van der Waals surface area contributed by atoms with E-state index in [9.17, 15) is 17.6 Å². The molecule has 0 saturated heterocycles. The highest BCUT2D eigenvalue weighted by Gasteiger charge is 2.42. The number of phenolic OH excluding ortho intramolecular Hbond substituents is 1. The molecule has 0 amide bonds. The molecule has 17 heteroatoms. The minimum Gasteiger partial charge on any atom is -0.508 e. The molecular weight excluding hydrogens is 1630 g/mol. The molecule has 0 aromatic heterocycles. The maximum atomic E-state index is 13.5. The number of hydrogen-bond donors (Lipinski definition) is 1. The highest BCUT2D eigenvalue weighted by molar-refractivity contribution is 14.1. The quantitative estimate of drug-likeness (QED) is 0.0478.